The van der Waals surface area contributed by atoms with Crippen molar-refractivity contribution < 1.29 is 9.59 Å². The van der Waals surface area contributed by atoms with E-state index in [1.807, 2.05) is 37.3 Å². The van der Waals surface area contributed by atoms with Crippen LogP contribution in [-0.2, 0) is 4.79 Å². The Labute approximate surface area is 151 Å². The highest BCUT2D eigenvalue weighted by atomic mass is 32.1. The summed E-state index contributed by atoms with van der Waals surface area (Å²) in [6, 6.07) is 16.2. The Morgan fingerprint density at radius 3 is 2.32 bits per heavy atom. The Kier molecular flexibility index (Phi) is 6.67. The molecule has 0 saturated carbocycles. The molecule has 128 valence electrons. The van der Waals surface area contributed by atoms with Gasteiger partial charge >= 0.3 is 6.03 Å². The van der Waals surface area contributed by atoms with E-state index >= 15 is 0 Å². The molecule has 0 heterocycles. The smallest absolute Gasteiger partial charge is 0.307 e. The van der Waals surface area contributed by atoms with Gasteiger partial charge in [-0.2, -0.15) is 0 Å². The van der Waals surface area contributed by atoms with E-state index in [0.717, 1.165) is 11.1 Å². The molecular formula is C18H18N4O2S. The van der Waals surface area contributed by atoms with Gasteiger partial charge in [0.1, 0.15) is 0 Å². The zero-order chi connectivity index (χ0) is 18.1. The van der Waals surface area contributed by atoms with E-state index in [9.17, 15) is 9.59 Å². The number of hydrazine groups is 1. The summed E-state index contributed by atoms with van der Waals surface area (Å²) in [6.07, 6.45) is 3.04. The largest absolute Gasteiger partial charge is 0.337 e. The summed E-state index contributed by atoms with van der Waals surface area (Å²) < 4.78 is 0. The fraction of sp³-hybridized carbons (Fsp3) is 0.0556. The lowest BCUT2D eigenvalue weighted by atomic mass is 10.1. The van der Waals surface area contributed by atoms with E-state index in [0.29, 0.717) is 5.69 Å². The Morgan fingerprint density at radius 1 is 0.960 bits per heavy atom. The third-order valence-electron chi connectivity index (χ3n) is 3.06. The predicted octanol–water partition coefficient (Wildman–Crippen LogP) is 2.74. The van der Waals surface area contributed by atoms with Crippen molar-refractivity contribution in [2.24, 2.45) is 0 Å². The number of para-hydroxylation sites is 1. The highest BCUT2D eigenvalue weighted by Crippen LogP contribution is 2.05. The maximum Gasteiger partial charge on any atom is 0.337 e. The van der Waals surface area contributed by atoms with Gasteiger partial charge in [0, 0.05) is 11.8 Å². The first kappa shape index (κ1) is 18.2. The predicted molar refractivity (Wildman–Crippen MR) is 103 cm³/mol. The Morgan fingerprint density at radius 2 is 1.64 bits per heavy atom. The zero-order valence-corrected chi connectivity index (χ0v) is 14.4. The van der Waals surface area contributed by atoms with Gasteiger partial charge in [0.15, 0.2) is 5.11 Å². The van der Waals surface area contributed by atoms with Crippen molar-refractivity contribution in [1.29, 1.82) is 0 Å². The molecule has 4 N–H and O–H groups in total. The minimum absolute atomic E-state index is 0.0123. The molecule has 2 aromatic carbocycles. The maximum atomic E-state index is 11.8. The van der Waals surface area contributed by atoms with E-state index < -0.39 is 11.9 Å². The van der Waals surface area contributed by atoms with Crippen molar-refractivity contribution in [2.75, 3.05) is 5.32 Å². The van der Waals surface area contributed by atoms with Crippen LogP contribution in [0.3, 0.4) is 0 Å². The molecule has 0 spiro atoms. The molecule has 0 saturated heterocycles. The summed E-state index contributed by atoms with van der Waals surface area (Å²) in [5.41, 5.74) is 7.46. The normalized spacial score (nSPS) is 10.1. The van der Waals surface area contributed by atoms with Crippen LogP contribution in [0.1, 0.15) is 11.1 Å². The van der Waals surface area contributed by atoms with Gasteiger partial charge < -0.3 is 5.32 Å². The number of urea groups is 1. The number of amides is 3. The molecule has 0 aliphatic heterocycles. The molecule has 0 aliphatic carbocycles. The topological polar surface area (TPSA) is 82.3 Å². The first-order valence-electron chi connectivity index (χ1n) is 7.51. The molecule has 3 amide bonds. The molecule has 0 bridgehead atoms. The van der Waals surface area contributed by atoms with Crippen molar-refractivity contribution in [3.8, 4) is 0 Å². The second-order valence-electron chi connectivity index (χ2n) is 5.13. The lowest BCUT2D eigenvalue weighted by Gasteiger charge is -2.10. The number of thiocarbonyl (C=S) groups is 1. The number of hydrogen-bond donors (Lipinski definition) is 4. The van der Waals surface area contributed by atoms with E-state index in [-0.39, 0.29) is 5.11 Å². The van der Waals surface area contributed by atoms with Crippen molar-refractivity contribution >= 4 is 41.0 Å². The number of rotatable bonds is 3. The van der Waals surface area contributed by atoms with E-state index in [1.54, 1.807) is 30.3 Å². The van der Waals surface area contributed by atoms with Crippen molar-refractivity contribution in [3.63, 3.8) is 0 Å². The summed E-state index contributed by atoms with van der Waals surface area (Å²) >= 11 is 4.94. The second kappa shape index (κ2) is 9.19. The monoisotopic (exact) mass is 354 g/mol. The third kappa shape index (κ3) is 6.84. The first-order chi connectivity index (χ1) is 12.0. The highest BCUT2D eigenvalue weighted by Gasteiger charge is 2.03. The van der Waals surface area contributed by atoms with Crippen molar-refractivity contribution in [1.82, 2.24) is 16.2 Å². The number of nitrogens with one attached hydrogen (secondary N) is 4. The van der Waals surface area contributed by atoms with Crippen LogP contribution in [0.25, 0.3) is 6.08 Å². The Bertz CT molecular complexity index is 773. The fourth-order valence-corrected chi connectivity index (χ4v) is 1.98. The molecule has 0 atom stereocenters. The quantitative estimate of drug-likeness (QED) is 0.388. The SMILES string of the molecule is Cc1ccc(C=CC(=O)NC(=S)NNC(=O)Nc2ccccc2)cc1. The molecule has 25 heavy (non-hydrogen) atoms. The van der Waals surface area contributed by atoms with Gasteiger partial charge in [-0.15, -0.1) is 0 Å². The van der Waals surface area contributed by atoms with Gasteiger partial charge in [0.05, 0.1) is 0 Å². The van der Waals surface area contributed by atoms with E-state index in [4.69, 9.17) is 12.2 Å². The van der Waals surface area contributed by atoms with Crippen LogP contribution in [0.5, 0.6) is 0 Å². The molecule has 0 radical (unpaired) electrons. The van der Waals surface area contributed by atoms with Crippen LogP contribution in [-0.4, -0.2) is 17.1 Å². The Balaban J connectivity index is 1.73. The molecule has 0 unspecified atom stereocenters. The zero-order valence-electron chi connectivity index (χ0n) is 13.6. The van der Waals surface area contributed by atoms with Gasteiger partial charge in [-0.3, -0.25) is 15.5 Å². The molecule has 6 nitrogen and oxygen atoms in total. The lowest BCUT2D eigenvalue weighted by Crippen LogP contribution is -2.49. The van der Waals surface area contributed by atoms with Crippen LogP contribution in [0, 0.1) is 6.92 Å². The number of benzene rings is 2. The third-order valence-corrected chi connectivity index (χ3v) is 3.27. The number of hydrogen-bond acceptors (Lipinski definition) is 3. The number of anilines is 1. The standard InChI is InChI=1S/C18H18N4O2S/c1-13-7-9-14(10-8-13)11-12-16(23)20-18(25)22-21-17(24)19-15-5-3-2-4-6-15/h2-12H,1H3,(H2,19,21,24)(H2,20,22,23,25). The minimum Gasteiger partial charge on any atom is -0.307 e. The summed E-state index contributed by atoms with van der Waals surface area (Å²) in [6.45, 7) is 1.99. The molecule has 2 rings (SSSR count). The highest BCUT2D eigenvalue weighted by molar-refractivity contribution is 7.80. The van der Waals surface area contributed by atoms with E-state index in [1.165, 1.54) is 6.08 Å². The lowest BCUT2D eigenvalue weighted by molar-refractivity contribution is -0.115. The summed E-state index contributed by atoms with van der Waals surface area (Å²) in [5.74, 6) is -0.400. The van der Waals surface area contributed by atoms with Gasteiger partial charge in [-0.1, -0.05) is 48.0 Å². The molecule has 2 aromatic rings. The number of carbonyl (C=O) groups excluding carboxylic acids is 2. The van der Waals surface area contributed by atoms with Gasteiger partial charge in [-0.05, 0) is 42.9 Å². The fourth-order valence-electron chi connectivity index (χ4n) is 1.83. The van der Waals surface area contributed by atoms with Crippen LogP contribution >= 0.6 is 12.2 Å². The molecule has 0 aliphatic rings. The second-order valence-corrected chi connectivity index (χ2v) is 5.54. The number of aryl methyl sites for hydroxylation is 1. The molecule has 7 heteroatoms. The van der Waals surface area contributed by atoms with Crippen LogP contribution in [0.4, 0.5) is 10.5 Å². The average Bonchev–Trinajstić information content (AvgIpc) is 2.60. The van der Waals surface area contributed by atoms with Gasteiger partial charge in [-0.25, -0.2) is 10.2 Å². The summed E-state index contributed by atoms with van der Waals surface area (Å²) in [4.78, 5) is 23.4. The van der Waals surface area contributed by atoms with Gasteiger partial charge in [0.2, 0.25) is 5.91 Å². The summed E-state index contributed by atoms with van der Waals surface area (Å²) in [7, 11) is 0. The van der Waals surface area contributed by atoms with Crippen LogP contribution < -0.4 is 21.5 Å². The van der Waals surface area contributed by atoms with Crippen LogP contribution in [0.2, 0.25) is 0 Å². The van der Waals surface area contributed by atoms with Gasteiger partial charge in [0.25, 0.3) is 0 Å². The maximum absolute atomic E-state index is 11.8. The Hall–Kier alpha value is -3.19. The first-order valence-corrected chi connectivity index (χ1v) is 7.91. The van der Waals surface area contributed by atoms with Crippen molar-refractivity contribution in [3.05, 3.63) is 71.8 Å². The minimum atomic E-state index is -0.502. The molecular weight excluding hydrogens is 336 g/mol. The summed E-state index contributed by atoms with van der Waals surface area (Å²) in [5, 5.41) is 5.02. The van der Waals surface area contributed by atoms with E-state index in [2.05, 4.69) is 21.5 Å². The van der Waals surface area contributed by atoms with Crippen molar-refractivity contribution in [2.45, 2.75) is 6.92 Å². The molecule has 0 aromatic heterocycles. The molecule has 0 fully saturated rings. The van der Waals surface area contributed by atoms with Crippen LogP contribution in [0.15, 0.2) is 60.7 Å². The number of carbonyl (C=O) groups is 2. The average molecular weight is 354 g/mol.